The van der Waals surface area contributed by atoms with Crippen LogP contribution in [0.1, 0.15) is 31.4 Å². The Kier molecular flexibility index (Phi) is 4.12. The van der Waals surface area contributed by atoms with Crippen LogP contribution in [-0.4, -0.2) is 12.3 Å². The zero-order chi connectivity index (χ0) is 10.7. The van der Waals surface area contributed by atoms with E-state index in [-0.39, 0.29) is 0 Å². The molecule has 15 heavy (non-hydrogen) atoms. The molecule has 0 saturated carbocycles. The molecule has 2 rings (SSSR count). The molecule has 0 bridgehead atoms. The van der Waals surface area contributed by atoms with Crippen molar-refractivity contribution >= 4 is 27.7 Å². The summed E-state index contributed by atoms with van der Waals surface area (Å²) in [6, 6.07) is 7.07. The van der Waals surface area contributed by atoms with Gasteiger partial charge in [-0.2, -0.15) is 0 Å². The Morgan fingerprint density at radius 1 is 1.53 bits per heavy atom. The Balaban J connectivity index is 2.22. The van der Waals surface area contributed by atoms with E-state index < -0.39 is 0 Å². The van der Waals surface area contributed by atoms with Crippen molar-refractivity contribution in [3.05, 3.63) is 28.2 Å². The number of hydrogen-bond acceptors (Lipinski definition) is 2. The molecule has 1 atom stereocenters. The van der Waals surface area contributed by atoms with Crippen molar-refractivity contribution in [2.75, 3.05) is 12.3 Å². The molecular weight excluding hydrogens is 270 g/mol. The summed E-state index contributed by atoms with van der Waals surface area (Å²) < 4.78 is 1.24. The van der Waals surface area contributed by atoms with E-state index in [4.69, 9.17) is 0 Å². The van der Waals surface area contributed by atoms with Crippen LogP contribution >= 0.6 is 27.7 Å². The Labute approximate surface area is 104 Å². The molecule has 1 aromatic rings. The lowest BCUT2D eigenvalue weighted by Gasteiger charge is -2.26. The Morgan fingerprint density at radius 2 is 2.40 bits per heavy atom. The van der Waals surface area contributed by atoms with Crippen molar-refractivity contribution in [3.8, 4) is 0 Å². The number of thioether (sulfide) groups is 1. The first-order valence-electron chi connectivity index (χ1n) is 5.47. The summed E-state index contributed by atoms with van der Waals surface area (Å²) in [6.07, 6.45) is 2.45. The molecule has 1 nitrogen and oxygen atoms in total. The fraction of sp³-hybridized carbons (Fsp3) is 0.500. The molecule has 82 valence electrons. The molecular formula is C12H16BrNS. The van der Waals surface area contributed by atoms with Crippen LogP contribution in [-0.2, 0) is 0 Å². The minimum atomic E-state index is 0.554. The van der Waals surface area contributed by atoms with E-state index in [1.807, 2.05) is 11.8 Å². The largest absolute Gasteiger partial charge is 0.310 e. The summed E-state index contributed by atoms with van der Waals surface area (Å²) in [5, 5.41) is 3.62. The van der Waals surface area contributed by atoms with Crippen molar-refractivity contribution in [3.63, 3.8) is 0 Å². The van der Waals surface area contributed by atoms with Gasteiger partial charge in [-0.3, -0.25) is 0 Å². The average molecular weight is 286 g/mol. The molecule has 1 aliphatic rings. The van der Waals surface area contributed by atoms with E-state index in [0.717, 1.165) is 6.54 Å². The van der Waals surface area contributed by atoms with Gasteiger partial charge in [0, 0.05) is 15.4 Å². The lowest BCUT2D eigenvalue weighted by molar-refractivity contribution is 0.509. The third-order valence-electron chi connectivity index (χ3n) is 2.67. The fourth-order valence-electron chi connectivity index (χ4n) is 1.92. The SMILES string of the molecule is CCCNC1CCSc2c(Br)cccc21. The second kappa shape index (κ2) is 5.37. The topological polar surface area (TPSA) is 12.0 Å². The minimum absolute atomic E-state index is 0.554. The Hall–Kier alpha value is 0.0100. The zero-order valence-corrected chi connectivity index (χ0v) is 11.3. The monoisotopic (exact) mass is 285 g/mol. The summed E-state index contributed by atoms with van der Waals surface area (Å²) >= 11 is 5.59. The highest BCUT2D eigenvalue weighted by molar-refractivity contribution is 9.10. The first-order valence-corrected chi connectivity index (χ1v) is 7.25. The predicted molar refractivity (Wildman–Crippen MR) is 70.5 cm³/mol. The lowest BCUT2D eigenvalue weighted by Crippen LogP contribution is -2.25. The smallest absolute Gasteiger partial charge is 0.0339 e. The number of hydrogen-bond donors (Lipinski definition) is 1. The van der Waals surface area contributed by atoms with Crippen LogP contribution in [0.15, 0.2) is 27.6 Å². The van der Waals surface area contributed by atoms with Crippen molar-refractivity contribution in [2.24, 2.45) is 0 Å². The van der Waals surface area contributed by atoms with Gasteiger partial charge in [-0.25, -0.2) is 0 Å². The van der Waals surface area contributed by atoms with Crippen LogP contribution < -0.4 is 5.32 Å². The summed E-state index contributed by atoms with van der Waals surface area (Å²) in [6.45, 7) is 3.33. The first kappa shape index (κ1) is 11.5. The molecule has 1 aromatic carbocycles. The van der Waals surface area contributed by atoms with Crippen LogP contribution in [0.25, 0.3) is 0 Å². The number of halogens is 1. The second-order valence-corrected chi connectivity index (χ2v) is 5.76. The van der Waals surface area contributed by atoms with Crippen LogP contribution in [0.2, 0.25) is 0 Å². The number of rotatable bonds is 3. The van der Waals surface area contributed by atoms with Crippen molar-refractivity contribution in [2.45, 2.75) is 30.7 Å². The molecule has 0 aliphatic carbocycles. The van der Waals surface area contributed by atoms with E-state index in [9.17, 15) is 0 Å². The molecule has 0 saturated heterocycles. The van der Waals surface area contributed by atoms with Crippen molar-refractivity contribution in [1.82, 2.24) is 5.32 Å². The van der Waals surface area contributed by atoms with Gasteiger partial charge in [0.05, 0.1) is 0 Å². The molecule has 3 heteroatoms. The summed E-state index contributed by atoms with van der Waals surface area (Å²) in [5.74, 6) is 1.22. The second-order valence-electron chi connectivity index (χ2n) is 3.80. The quantitative estimate of drug-likeness (QED) is 0.901. The maximum atomic E-state index is 3.63. The van der Waals surface area contributed by atoms with Crippen LogP contribution in [0.3, 0.4) is 0 Å². The van der Waals surface area contributed by atoms with E-state index in [1.54, 1.807) is 0 Å². The number of benzene rings is 1. The van der Waals surface area contributed by atoms with Gasteiger partial charge < -0.3 is 5.32 Å². The van der Waals surface area contributed by atoms with Gasteiger partial charge in [-0.15, -0.1) is 11.8 Å². The van der Waals surface area contributed by atoms with Gasteiger partial charge >= 0.3 is 0 Å². The van der Waals surface area contributed by atoms with Gasteiger partial charge in [0.2, 0.25) is 0 Å². The fourth-order valence-corrected chi connectivity index (χ4v) is 3.78. The molecule has 1 heterocycles. The minimum Gasteiger partial charge on any atom is -0.310 e. The summed E-state index contributed by atoms with van der Waals surface area (Å²) in [7, 11) is 0. The van der Waals surface area contributed by atoms with Crippen LogP contribution in [0.4, 0.5) is 0 Å². The number of fused-ring (bicyclic) bond motifs is 1. The molecule has 1 N–H and O–H groups in total. The van der Waals surface area contributed by atoms with Gasteiger partial charge in [0.25, 0.3) is 0 Å². The molecule has 0 amide bonds. The summed E-state index contributed by atoms with van der Waals surface area (Å²) in [4.78, 5) is 1.43. The zero-order valence-electron chi connectivity index (χ0n) is 8.92. The molecule has 0 fully saturated rings. The van der Waals surface area contributed by atoms with E-state index in [1.165, 1.54) is 33.5 Å². The first-order chi connectivity index (χ1) is 7.33. The third-order valence-corrected chi connectivity index (χ3v) is 4.77. The third kappa shape index (κ3) is 2.58. The molecule has 0 radical (unpaired) electrons. The van der Waals surface area contributed by atoms with Gasteiger partial charge in [-0.05, 0) is 52.7 Å². The maximum Gasteiger partial charge on any atom is 0.0339 e. The average Bonchev–Trinajstić information content (AvgIpc) is 2.27. The summed E-state index contributed by atoms with van der Waals surface area (Å²) in [5.41, 5.74) is 1.47. The van der Waals surface area contributed by atoms with E-state index >= 15 is 0 Å². The molecule has 0 aromatic heterocycles. The lowest BCUT2D eigenvalue weighted by atomic mass is 10.0. The number of nitrogens with one attached hydrogen (secondary N) is 1. The van der Waals surface area contributed by atoms with Crippen LogP contribution in [0.5, 0.6) is 0 Å². The highest BCUT2D eigenvalue weighted by Crippen LogP contribution is 2.40. The predicted octanol–water partition coefficient (Wildman–Crippen LogP) is 3.99. The highest BCUT2D eigenvalue weighted by atomic mass is 79.9. The normalized spacial score (nSPS) is 20.0. The standard InChI is InChI=1S/C12H16BrNS/c1-2-7-14-11-6-8-15-12-9(11)4-3-5-10(12)13/h3-5,11,14H,2,6-8H2,1H3. The Bertz CT molecular complexity index is 340. The van der Waals surface area contributed by atoms with Crippen molar-refractivity contribution in [1.29, 1.82) is 0 Å². The molecule has 1 unspecified atom stereocenters. The Morgan fingerprint density at radius 3 is 3.20 bits per heavy atom. The highest BCUT2D eigenvalue weighted by Gasteiger charge is 2.21. The van der Waals surface area contributed by atoms with Crippen LogP contribution in [0, 0.1) is 0 Å². The van der Waals surface area contributed by atoms with E-state index in [0.29, 0.717) is 6.04 Å². The van der Waals surface area contributed by atoms with Gasteiger partial charge in [-0.1, -0.05) is 19.1 Å². The maximum absolute atomic E-state index is 3.63. The van der Waals surface area contributed by atoms with Gasteiger partial charge in [0.1, 0.15) is 0 Å². The molecule has 1 aliphatic heterocycles. The van der Waals surface area contributed by atoms with Gasteiger partial charge in [0.15, 0.2) is 0 Å². The van der Waals surface area contributed by atoms with Crippen molar-refractivity contribution < 1.29 is 0 Å². The van der Waals surface area contributed by atoms with E-state index in [2.05, 4.69) is 46.4 Å². The molecule has 0 spiro atoms.